The molecule has 1 N–H and O–H groups in total. The van der Waals surface area contributed by atoms with Gasteiger partial charge in [0, 0.05) is 36.5 Å². The summed E-state index contributed by atoms with van der Waals surface area (Å²) in [6.45, 7) is 6.64. The number of aldehydes is 1. The SMILES string of the molecule is CN1CCCN(CCCCCCCCSc2cccc(C=O)c2CN(C)C2CCC(=O)NC2=O)CC1. The van der Waals surface area contributed by atoms with Crippen LogP contribution in [0.4, 0.5) is 0 Å². The second-order valence-corrected chi connectivity index (χ2v) is 11.4. The van der Waals surface area contributed by atoms with Crippen LogP contribution in [0.25, 0.3) is 0 Å². The molecule has 0 spiro atoms. The maximum Gasteiger partial charge on any atom is 0.243 e. The van der Waals surface area contributed by atoms with Crippen molar-refractivity contribution in [2.75, 3.05) is 52.6 Å². The molecule has 1 aromatic rings. The number of piperidine rings is 1. The van der Waals surface area contributed by atoms with E-state index in [9.17, 15) is 14.4 Å². The first kappa shape index (κ1) is 28.8. The van der Waals surface area contributed by atoms with E-state index in [2.05, 4.69) is 28.2 Å². The lowest BCUT2D eigenvalue weighted by Crippen LogP contribution is -2.51. The average molecular weight is 517 g/mol. The fourth-order valence-electron chi connectivity index (χ4n) is 5.11. The lowest BCUT2D eigenvalue weighted by Gasteiger charge is -2.30. The first-order valence-electron chi connectivity index (χ1n) is 13.6. The minimum atomic E-state index is -0.346. The van der Waals surface area contributed by atoms with Crippen LogP contribution >= 0.6 is 11.8 Å². The Hall–Kier alpha value is -1.74. The molecule has 1 aromatic carbocycles. The summed E-state index contributed by atoms with van der Waals surface area (Å²) >= 11 is 1.80. The van der Waals surface area contributed by atoms with E-state index in [1.807, 2.05) is 24.1 Å². The Balaban J connectivity index is 1.36. The smallest absolute Gasteiger partial charge is 0.243 e. The van der Waals surface area contributed by atoms with Crippen LogP contribution in [0.5, 0.6) is 0 Å². The van der Waals surface area contributed by atoms with E-state index in [0.717, 1.165) is 28.9 Å². The molecule has 2 amide bonds. The maximum absolute atomic E-state index is 12.3. The average Bonchev–Trinajstić information content (AvgIpc) is 3.07. The van der Waals surface area contributed by atoms with Gasteiger partial charge in [0.15, 0.2) is 0 Å². The molecule has 2 saturated heterocycles. The molecule has 0 bridgehead atoms. The van der Waals surface area contributed by atoms with Gasteiger partial charge in [0.1, 0.15) is 6.29 Å². The zero-order valence-corrected chi connectivity index (χ0v) is 23.0. The molecule has 8 heteroatoms. The summed E-state index contributed by atoms with van der Waals surface area (Å²) in [4.78, 5) is 43.6. The van der Waals surface area contributed by atoms with Gasteiger partial charge >= 0.3 is 0 Å². The van der Waals surface area contributed by atoms with Crippen LogP contribution in [0, 0.1) is 0 Å². The van der Waals surface area contributed by atoms with E-state index in [1.54, 1.807) is 11.8 Å². The quantitative estimate of drug-likeness (QED) is 0.174. The van der Waals surface area contributed by atoms with Gasteiger partial charge in [0.2, 0.25) is 11.8 Å². The number of thioether (sulfide) groups is 1. The molecule has 0 saturated carbocycles. The fraction of sp³-hybridized carbons (Fsp3) is 0.679. The highest BCUT2D eigenvalue weighted by molar-refractivity contribution is 7.99. The third-order valence-corrected chi connectivity index (χ3v) is 8.57. The fourth-order valence-corrected chi connectivity index (χ4v) is 6.21. The van der Waals surface area contributed by atoms with Gasteiger partial charge in [-0.15, -0.1) is 11.8 Å². The van der Waals surface area contributed by atoms with Gasteiger partial charge in [-0.25, -0.2) is 0 Å². The Labute approximate surface area is 221 Å². The van der Waals surface area contributed by atoms with E-state index in [1.165, 1.54) is 71.2 Å². The highest BCUT2D eigenvalue weighted by Gasteiger charge is 2.30. The van der Waals surface area contributed by atoms with E-state index in [4.69, 9.17) is 0 Å². The molecule has 2 heterocycles. The minimum Gasteiger partial charge on any atom is -0.305 e. The molecular weight excluding hydrogens is 472 g/mol. The van der Waals surface area contributed by atoms with Crippen molar-refractivity contribution in [3.63, 3.8) is 0 Å². The van der Waals surface area contributed by atoms with Gasteiger partial charge < -0.3 is 9.80 Å². The van der Waals surface area contributed by atoms with Crippen LogP contribution < -0.4 is 5.32 Å². The van der Waals surface area contributed by atoms with Gasteiger partial charge in [0.05, 0.1) is 6.04 Å². The predicted molar refractivity (Wildman–Crippen MR) is 146 cm³/mol. The van der Waals surface area contributed by atoms with E-state index in [-0.39, 0.29) is 17.9 Å². The van der Waals surface area contributed by atoms with Crippen molar-refractivity contribution in [1.29, 1.82) is 0 Å². The predicted octanol–water partition coefficient (Wildman–Crippen LogP) is 3.81. The first-order chi connectivity index (χ1) is 17.5. The molecule has 0 radical (unpaired) electrons. The second kappa shape index (κ2) is 15.5. The summed E-state index contributed by atoms with van der Waals surface area (Å²) < 4.78 is 0. The highest BCUT2D eigenvalue weighted by Crippen LogP contribution is 2.28. The monoisotopic (exact) mass is 516 g/mol. The zero-order valence-electron chi connectivity index (χ0n) is 22.2. The van der Waals surface area contributed by atoms with Gasteiger partial charge in [0.25, 0.3) is 0 Å². The van der Waals surface area contributed by atoms with Crippen molar-refractivity contribution in [3.05, 3.63) is 29.3 Å². The summed E-state index contributed by atoms with van der Waals surface area (Å²) in [7, 11) is 4.11. The summed E-state index contributed by atoms with van der Waals surface area (Å²) in [5, 5.41) is 2.43. The third-order valence-electron chi connectivity index (χ3n) is 7.38. The Morgan fingerprint density at radius 2 is 1.83 bits per heavy atom. The number of carbonyl (C=O) groups is 3. The minimum absolute atomic E-state index is 0.209. The van der Waals surface area contributed by atoms with Crippen molar-refractivity contribution in [3.8, 4) is 0 Å². The largest absolute Gasteiger partial charge is 0.305 e. The number of imide groups is 1. The lowest BCUT2D eigenvalue weighted by atomic mass is 10.0. The van der Waals surface area contributed by atoms with E-state index in [0.29, 0.717) is 24.9 Å². The van der Waals surface area contributed by atoms with Crippen LogP contribution in [-0.4, -0.2) is 91.4 Å². The molecule has 36 heavy (non-hydrogen) atoms. The number of hydrogen-bond acceptors (Lipinski definition) is 7. The van der Waals surface area contributed by atoms with Crippen molar-refractivity contribution in [2.45, 2.75) is 75.3 Å². The number of likely N-dealkylation sites (N-methyl/N-ethyl adjacent to an activating group) is 2. The lowest BCUT2D eigenvalue weighted by molar-refractivity contribution is -0.137. The number of benzene rings is 1. The summed E-state index contributed by atoms with van der Waals surface area (Å²) in [5.41, 5.74) is 1.65. The number of amides is 2. The van der Waals surface area contributed by atoms with Gasteiger partial charge in [-0.2, -0.15) is 0 Å². The van der Waals surface area contributed by atoms with E-state index >= 15 is 0 Å². The number of nitrogens with zero attached hydrogens (tertiary/aromatic N) is 3. The van der Waals surface area contributed by atoms with Crippen LogP contribution in [0.2, 0.25) is 0 Å². The van der Waals surface area contributed by atoms with Crippen LogP contribution in [0.1, 0.15) is 73.7 Å². The maximum atomic E-state index is 12.3. The Kier molecular flexibility index (Phi) is 12.4. The molecule has 1 atom stereocenters. The zero-order chi connectivity index (χ0) is 25.8. The highest BCUT2D eigenvalue weighted by atomic mass is 32.2. The molecule has 3 rings (SSSR count). The van der Waals surface area contributed by atoms with Gasteiger partial charge in [-0.1, -0.05) is 37.8 Å². The molecule has 200 valence electrons. The summed E-state index contributed by atoms with van der Waals surface area (Å²) in [5.74, 6) is 0.573. The van der Waals surface area contributed by atoms with Crippen molar-refractivity contribution >= 4 is 29.9 Å². The van der Waals surface area contributed by atoms with Crippen molar-refractivity contribution in [2.24, 2.45) is 0 Å². The summed E-state index contributed by atoms with van der Waals surface area (Å²) in [6.07, 6.45) is 10.7. The van der Waals surface area contributed by atoms with Crippen LogP contribution in [0.15, 0.2) is 23.1 Å². The Morgan fingerprint density at radius 1 is 1.06 bits per heavy atom. The van der Waals surface area contributed by atoms with Crippen molar-refractivity contribution in [1.82, 2.24) is 20.0 Å². The molecule has 1 unspecified atom stereocenters. The molecule has 2 aliphatic rings. The second-order valence-electron chi connectivity index (χ2n) is 10.3. The first-order valence-corrected chi connectivity index (χ1v) is 14.6. The number of carbonyl (C=O) groups excluding carboxylic acids is 3. The van der Waals surface area contributed by atoms with Gasteiger partial charge in [-0.3, -0.25) is 24.6 Å². The number of hydrogen-bond donors (Lipinski definition) is 1. The number of unbranched alkanes of at least 4 members (excludes halogenated alkanes) is 5. The number of nitrogens with one attached hydrogen (secondary N) is 1. The van der Waals surface area contributed by atoms with Crippen LogP contribution in [0.3, 0.4) is 0 Å². The molecule has 7 nitrogen and oxygen atoms in total. The molecule has 0 aliphatic carbocycles. The molecule has 2 aliphatic heterocycles. The summed E-state index contributed by atoms with van der Waals surface area (Å²) in [6, 6.07) is 5.51. The molecule has 0 aromatic heterocycles. The normalized spacial score (nSPS) is 19.9. The van der Waals surface area contributed by atoms with Gasteiger partial charge in [-0.05, 0) is 76.8 Å². The number of rotatable bonds is 14. The van der Waals surface area contributed by atoms with Crippen molar-refractivity contribution < 1.29 is 14.4 Å². The molecule has 2 fully saturated rings. The Morgan fingerprint density at radius 3 is 2.61 bits per heavy atom. The van der Waals surface area contributed by atoms with E-state index < -0.39 is 0 Å². The Bertz CT molecular complexity index is 865. The topological polar surface area (TPSA) is 73.0 Å². The third kappa shape index (κ3) is 9.29. The standard InChI is InChI=1S/C28H44N4O3S/c1-30-15-10-17-32(19-18-30)16-7-5-3-4-6-8-20-36-26-12-9-11-23(22-33)24(26)21-31(2)25-13-14-27(34)29-28(25)35/h9,11-12,22,25H,3-8,10,13-21H2,1-2H3,(H,29,34,35). The molecular formula is C28H44N4O3S. The van der Waals surface area contributed by atoms with Crippen LogP contribution in [-0.2, 0) is 16.1 Å².